The molecule has 0 saturated heterocycles. The number of sulfone groups is 1. The first-order chi connectivity index (χ1) is 13.6. The van der Waals surface area contributed by atoms with Crippen molar-refractivity contribution in [3.63, 3.8) is 0 Å². The molecule has 2 heterocycles. The van der Waals surface area contributed by atoms with Crippen LogP contribution in [0.25, 0.3) is 31.4 Å². The second-order valence-electron chi connectivity index (χ2n) is 6.46. The van der Waals surface area contributed by atoms with Gasteiger partial charge >= 0.3 is 0 Å². The zero-order chi connectivity index (χ0) is 19.1. The lowest BCUT2D eigenvalue weighted by atomic mass is 10.1. The molecule has 2 aromatic heterocycles. The molecule has 0 atom stereocenters. The fourth-order valence-electron chi connectivity index (χ4n) is 3.38. The maximum absolute atomic E-state index is 13.0. The lowest BCUT2D eigenvalue weighted by Crippen LogP contribution is -2.04. The Morgan fingerprint density at radius 3 is 2.25 bits per heavy atom. The van der Waals surface area contributed by atoms with E-state index in [1.807, 2.05) is 30.3 Å². The Kier molecular flexibility index (Phi) is 4.00. The van der Waals surface area contributed by atoms with Gasteiger partial charge in [0.15, 0.2) is 5.03 Å². The van der Waals surface area contributed by atoms with E-state index < -0.39 is 9.84 Å². The Balaban J connectivity index is 1.71. The molecule has 136 valence electrons. The summed E-state index contributed by atoms with van der Waals surface area (Å²) in [5.74, 6) is 0. The molecule has 0 bridgehead atoms. The van der Waals surface area contributed by atoms with Crippen LogP contribution in [0.2, 0.25) is 0 Å². The van der Waals surface area contributed by atoms with E-state index in [2.05, 4.69) is 23.2 Å². The third-order valence-electron chi connectivity index (χ3n) is 4.73. The summed E-state index contributed by atoms with van der Waals surface area (Å²) in [4.78, 5) is 4.78. The van der Waals surface area contributed by atoms with E-state index in [9.17, 15) is 8.42 Å². The monoisotopic (exact) mass is 401 g/mol. The topological polar surface area (TPSA) is 47.0 Å². The first-order valence-electron chi connectivity index (χ1n) is 8.82. The normalized spacial score (nSPS) is 11.9. The van der Waals surface area contributed by atoms with Crippen LogP contribution in [-0.2, 0) is 9.84 Å². The quantitative estimate of drug-likeness (QED) is 0.375. The largest absolute Gasteiger partial charge is 0.236 e. The second kappa shape index (κ2) is 6.55. The van der Waals surface area contributed by atoms with Crippen molar-refractivity contribution in [2.75, 3.05) is 0 Å². The molecule has 0 aliphatic heterocycles. The van der Waals surface area contributed by atoms with E-state index in [0.717, 1.165) is 15.6 Å². The van der Waals surface area contributed by atoms with Crippen molar-refractivity contribution >= 4 is 41.3 Å². The third-order valence-corrected chi connectivity index (χ3v) is 7.62. The Labute approximate surface area is 166 Å². The minimum Gasteiger partial charge on any atom is -0.236 e. The van der Waals surface area contributed by atoms with Gasteiger partial charge in [0.25, 0.3) is 0 Å². The molecule has 0 saturated carbocycles. The molecule has 0 radical (unpaired) electrons. The molecule has 5 heteroatoms. The summed E-state index contributed by atoms with van der Waals surface area (Å²) in [6.07, 6.45) is 0. The fraction of sp³-hybridized carbons (Fsp3) is 0. The highest BCUT2D eigenvalue weighted by Crippen LogP contribution is 2.39. The molecule has 0 aliphatic carbocycles. The summed E-state index contributed by atoms with van der Waals surface area (Å²) in [6.45, 7) is 0. The number of rotatable bonds is 3. The van der Waals surface area contributed by atoms with Crippen LogP contribution in [0, 0.1) is 0 Å². The van der Waals surface area contributed by atoms with Crippen LogP contribution in [0.1, 0.15) is 0 Å². The Morgan fingerprint density at radius 2 is 1.39 bits per heavy atom. The van der Waals surface area contributed by atoms with E-state index in [1.54, 1.807) is 53.8 Å². The van der Waals surface area contributed by atoms with Gasteiger partial charge in [0, 0.05) is 25.7 Å². The van der Waals surface area contributed by atoms with Crippen LogP contribution >= 0.6 is 11.3 Å². The predicted molar refractivity (Wildman–Crippen MR) is 114 cm³/mol. The van der Waals surface area contributed by atoms with Gasteiger partial charge in [-0.3, -0.25) is 0 Å². The average Bonchev–Trinajstić information content (AvgIpc) is 3.13. The molecule has 0 unspecified atom stereocenters. The Bertz CT molecular complexity index is 1420. The molecule has 0 spiro atoms. The van der Waals surface area contributed by atoms with E-state index in [-0.39, 0.29) is 9.92 Å². The fourth-order valence-corrected chi connectivity index (χ4v) is 5.84. The Morgan fingerprint density at radius 1 is 0.679 bits per heavy atom. The third kappa shape index (κ3) is 2.71. The number of hydrogen-bond donors (Lipinski definition) is 0. The molecular weight excluding hydrogens is 386 g/mol. The highest BCUT2D eigenvalue weighted by atomic mass is 32.2. The number of hydrogen-bond acceptors (Lipinski definition) is 4. The zero-order valence-corrected chi connectivity index (χ0v) is 16.4. The van der Waals surface area contributed by atoms with Gasteiger partial charge in [-0.25, -0.2) is 13.4 Å². The van der Waals surface area contributed by atoms with Crippen molar-refractivity contribution in [1.29, 1.82) is 0 Å². The summed E-state index contributed by atoms with van der Waals surface area (Å²) in [7, 11) is -3.66. The number of fused-ring (bicyclic) bond motifs is 3. The number of aromatic nitrogens is 1. The van der Waals surface area contributed by atoms with Gasteiger partial charge in [-0.1, -0.05) is 60.7 Å². The highest BCUT2D eigenvalue weighted by molar-refractivity contribution is 7.91. The van der Waals surface area contributed by atoms with Gasteiger partial charge in [-0.05, 0) is 30.3 Å². The molecule has 28 heavy (non-hydrogen) atoms. The summed E-state index contributed by atoms with van der Waals surface area (Å²) < 4.78 is 28.2. The van der Waals surface area contributed by atoms with Gasteiger partial charge in [-0.15, -0.1) is 11.3 Å². The second-order valence-corrected chi connectivity index (χ2v) is 9.41. The van der Waals surface area contributed by atoms with E-state index >= 15 is 0 Å². The van der Waals surface area contributed by atoms with Crippen molar-refractivity contribution in [3.05, 3.63) is 91.0 Å². The number of pyridine rings is 1. The van der Waals surface area contributed by atoms with Crippen LogP contribution in [0.4, 0.5) is 0 Å². The van der Waals surface area contributed by atoms with Gasteiger partial charge < -0.3 is 0 Å². The SMILES string of the molecule is O=S(=O)(c1ccccc1)c1cccc(-c2cccc3c2sc2ccccc23)n1. The molecule has 3 aromatic carbocycles. The first-order valence-corrected chi connectivity index (χ1v) is 11.1. The zero-order valence-electron chi connectivity index (χ0n) is 14.7. The number of thiophene rings is 1. The molecule has 0 amide bonds. The molecule has 3 nitrogen and oxygen atoms in total. The number of benzene rings is 3. The van der Waals surface area contributed by atoms with Crippen molar-refractivity contribution in [2.45, 2.75) is 9.92 Å². The molecular formula is C23H15NO2S2. The van der Waals surface area contributed by atoms with Crippen LogP contribution < -0.4 is 0 Å². The van der Waals surface area contributed by atoms with E-state index in [1.165, 1.54) is 10.1 Å². The van der Waals surface area contributed by atoms with Crippen molar-refractivity contribution in [1.82, 2.24) is 4.98 Å². The first kappa shape index (κ1) is 17.1. The van der Waals surface area contributed by atoms with Crippen LogP contribution in [0.5, 0.6) is 0 Å². The van der Waals surface area contributed by atoms with Crippen molar-refractivity contribution in [3.8, 4) is 11.3 Å². The van der Waals surface area contributed by atoms with Crippen LogP contribution in [0.3, 0.4) is 0 Å². The minimum absolute atomic E-state index is 0.0642. The van der Waals surface area contributed by atoms with Crippen LogP contribution in [-0.4, -0.2) is 13.4 Å². The standard InChI is InChI=1S/C23H15NO2S2/c25-28(26,16-8-2-1-3-9-16)22-15-7-13-20(24-22)19-12-6-11-18-17-10-4-5-14-21(17)27-23(18)19/h1-15H. The smallest absolute Gasteiger partial charge is 0.223 e. The summed E-state index contributed by atoms with van der Waals surface area (Å²) in [6, 6.07) is 28.0. The molecule has 5 rings (SSSR count). The van der Waals surface area contributed by atoms with E-state index in [0.29, 0.717) is 5.69 Å². The number of nitrogens with zero attached hydrogens (tertiary/aromatic N) is 1. The van der Waals surface area contributed by atoms with Gasteiger partial charge in [0.1, 0.15) is 0 Å². The van der Waals surface area contributed by atoms with E-state index in [4.69, 9.17) is 0 Å². The lowest BCUT2D eigenvalue weighted by Gasteiger charge is -2.07. The maximum Gasteiger partial charge on any atom is 0.223 e. The highest BCUT2D eigenvalue weighted by Gasteiger charge is 2.20. The Hall–Kier alpha value is -3.02. The average molecular weight is 402 g/mol. The molecule has 5 aromatic rings. The van der Waals surface area contributed by atoms with Gasteiger partial charge in [0.05, 0.1) is 10.6 Å². The van der Waals surface area contributed by atoms with Crippen molar-refractivity contribution in [2.24, 2.45) is 0 Å². The predicted octanol–water partition coefficient (Wildman–Crippen LogP) is 5.95. The lowest BCUT2D eigenvalue weighted by molar-refractivity contribution is 0.592. The molecule has 0 N–H and O–H groups in total. The molecule has 0 fully saturated rings. The van der Waals surface area contributed by atoms with Crippen molar-refractivity contribution < 1.29 is 8.42 Å². The summed E-state index contributed by atoms with van der Waals surface area (Å²) >= 11 is 1.70. The molecule has 0 aliphatic rings. The summed E-state index contributed by atoms with van der Waals surface area (Å²) in [5.41, 5.74) is 1.61. The summed E-state index contributed by atoms with van der Waals surface area (Å²) in [5, 5.41) is 2.43. The van der Waals surface area contributed by atoms with Gasteiger partial charge in [-0.2, -0.15) is 0 Å². The van der Waals surface area contributed by atoms with Crippen LogP contribution in [0.15, 0.2) is 101 Å². The van der Waals surface area contributed by atoms with Gasteiger partial charge in [0.2, 0.25) is 9.84 Å². The minimum atomic E-state index is -3.66. The maximum atomic E-state index is 13.0.